The number of hydrogen-bond donors (Lipinski definition) is 1. The minimum absolute atomic E-state index is 0.659. The van der Waals surface area contributed by atoms with Gasteiger partial charge in [-0.1, -0.05) is 6.07 Å². The quantitative estimate of drug-likeness (QED) is 0.781. The van der Waals surface area contributed by atoms with Crippen molar-refractivity contribution in [2.75, 3.05) is 7.05 Å². The first-order valence-corrected chi connectivity index (χ1v) is 5.74. The number of halogens is 1. The minimum Gasteiger partial charge on any atom is -0.316 e. The average molecular weight is 287 g/mol. The van der Waals surface area contributed by atoms with Crippen LogP contribution in [0.15, 0.2) is 12.1 Å². The van der Waals surface area contributed by atoms with Crippen LogP contribution < -0.4 is 5.32 Å². The van der Waals surface area contributed by atoms with E-state index >= 15 is 0 Å². The molecular formula is C11H14IN. The van der Waals surface area contributed by atoms with E-state index < -0.39 is 0 Å². The molecule has 1 aromatic carbocycles. The topological polar surface area (TPSA) is 12.0 Å². The Bertz CT molecular complexity index is 333. The van der Waals surface area contributed by atoms with E-state index in [1.165, 1.54) is 27.5 Å². The van der Waals surface area contributed by atoms with Crippen molar-refractivity contribution >= 4 is 22.6 Å². The third-order valence-corrected chi connectivity index (χ3v) is 4.12. The zero-order chi connectivity index (χ0) is 9.42. The molecule has 0 amide bonds. The Hall–Kier alpha value is -0.0900. The van der Waals surface area contributed by atoms with E-state index in [-0.39, 0.29) is 0 Å². The van der Waals surface area contributed by atoms with Crippen molar-refractivity contribution in [3.63, 3.8) is 0 Å². The lowest BCUT2D eigenvalue weighted by atomic mass is 10.1. The maximum atomic E-state index is 3.36. The predicted molar refractivity (Wildman–Crippen MR) is 64.2 cm³/mol. The van der Waals surface area contributed by atoms with Crippen LogP contribution >= 0.6 is 22.6 Å². The molecule has 1 N–H and O–H groups in total. The monoisotopic (exact) mass is 287 g/mol. The summed E-state index contributed by atoms with van der Waals surface area (Å²) in [6.45, 7) is 2.23. The standard InChI is InChI=1S/C11H14IN/c1-7-10-6-9(13-2)5-8(10)3-4-11(7)12/h3-4,9,13H,5-6H2,1-2H3. The van der Waals surface area contributed by atoms with Crippen LogP contribution in [0, 0.1) is 10.5 Å². The van der Waals surface area contributed by atoms with Gasteiger partial charge in [0.2, 0.25) is 0 Å². The largest absolute Gasteiger partial charge is 0.316 e. The summed E-state index contributed by atoms with van der Waals surface area (Å²) >= 11 is 2.42. The second-order valence-electron chi connectivity index (χ2n) is 3.70. The molecule has 0 bridgehead atoms. The lowest BCUT2D eigenvalue weighted by Crippen LogP contribution is -2.24. The number of nitrogens with one attached hydrogen (secondary N) is 1. The minimum atomic E-state index is 0.659. The van der Waals surface area contributed by atoms with Crippen LogP contribution in [0.25, 0.3) is 0 Å². The Morgan fingerprint density at radius 1 is 1.38 bits per heavy atom. The van der Waals surface area contributed by atoms with Crippen LogP contribution in [0.3, 0.4) is 0 Å². The molecule has 70 valence electrons. The molecule has 13 heavy (non-hydrogen) atoms. The molecule has 1 atom stereocenters. The molecule has 1 aliphatic rings. The lowest BCUT2D eigenvalue weighted by molar-refractivity contribution is 0.593. The van der Waals surface area contributed by atoms with Crippen molar-refractivity contribution in [2.24, 2.45) is 0 Å². The van der Waals surface area contributed by atoms with Crippen molar-refractivity contribution in [3.05, 3.63) is 32.4 Å². The van der Waals surface area contributed by atoms with Gasteiger partial charge in [-0.05, 0) is 72.2 Å². The van der Waals surface area contributed by atoms with Gasteiger partial charge in [0.1, 0.15) is 0 Å². The van der Waals surface area contributed by atoms with Gasteiger partial charge in [-0.25, -0.2) is 0 Å². The maximum Gasteiger partial charge on any atom is 0.0162 e. The molecule has 0 aromatic heterocycles. The van der Waals surface area contributed by atoms with Gasteiger partial charge in [-0.15, -0.1) is 0 Å². The highest BCUT2D eigenvalue weighted by molar-refractivity contribution is 14.1. The summed E-state index contributed by atoms with van der Waals surface area (Å²) in [5, 5.41) is 3.36. The number of fused-ring (bicyclic) bond motifs is 1. The van der Waals surface area contributed by atoms with E-state index in [1.807, 2.05) is 0 Å². The summed E-state index contributed by atoms with van der Waals surface area (Å²) < 4.78 is 1.40. The van der Waals surface area contributed by atoms with Crippen molar-refractivity contribution < 1.29 is 0 Å². The second-order valence-corrected chi connectivity index (χ2v) is 4.87. The van der Waals surface area contributed by atoms with Crippen LogP contribution in [0.5, 0.6) is 0 Å². The van der Waals surface area contributed by atoms with Crippen LogP contribution in [-0.4, -0.2) is 13.1 Å². The number of benzene rings is 1. The van der Waals surface area contributed by atoms with Gasteiger partial charge in [0.25, 0.3) is 0 Å². The zero-order valence-corrected chi connectivity index (χ0v) is 10.2. The van der Waals surface area contributed by atoms with Gasteiger partial charge in [0.15, 0.2) is 0 Å². The fourth-order valence-electron chi connectivity index (χ4n) is 2.05. The highest BCUT2D eigenvalue weighted by Crippen LogP contribution is 2.28. The number of rotatable bonds is 1. The first-order chi connectivity index (χ1) is 6.22. The Balaban J connectivity index is 2.40. The van der Waals surface area contributed by atoms with Gasteiger partial charge in [-0.2, -0.15) is 0 Å². The molecule has 1 aromatic rings. The van der Waals surface area contributed by atoms with E-state index in [0.717, 1.165) is 0 Å². The molecule has 1 aliphatic carbocycles. The zero-order valence-electron chi connectivity index (χ0n) is 8.02. The fourth-order valence-corrected chi connectivity index (χ4v) is 2.55. The van der Waals surface area contributed by atoms with E-state index in [4.69, 9.17) is 0 Å². The molecule has 0 fully saturated rings. The first-order valence-electron chi connectivity index (χ1n) is 4.66. The van der Waals surface area contributed by atoms with Crippen molar-refractivity contribution in [1.82, 2.24) is 5.32 Å². The molecule has 0 radical (unpaired) electrons. The maximum absolute atomic E-state index is 3.36. The third-order valence-electron chi connectivity index (χ3n) is 2.95. The summed E-state index contributed by atoms with van der Waals surface area (Å²) in [5.74, 6) is 0. The molecule has 1 nitrogen and oxygen atoms in total. The molecule has 0 aliphatic heterocycles. The molecule has 0 saturated heterocycles. The average Bonchev–Trinajstić information content (AvgIpc) is 2.55. The highest BCUT2D eigenvalue weighted by Gasteiger charge is 2.21. The van der Waals surface area contributed by atoms with Gasteiger partial charge in [0.05, 0.1) is 0 Å². The Labute approximate surface area is 93.1 Å². The van der Waals surface area contributed by atoms with E-state index in [9.17, 15) is 0 Å². The van der Waals surface area contributed by atoms with Crippen LogP contribution in [0.2, 0.25) is 0 Å². The number of hydrogen-bond acceptors (Lipinski definition) is 1. The number of likely N-dealkylation sites (N-methyl/N-ethyl adjacent to an activating group) is 1. The van der Waals surface area contributed by atoms with Gasteiger partial charge >= 0.3 is 0 Å². The second kappa shape index (κ2) is 3.58. The molecule has 1 unspecified atom stereocenters. The van der Waals surface area contributed by atoms with Crippen molar-refractivity contribution in [3.8, 4) is 0 Å². The van der Waals surface area contributed by atoms with Gasteiger partial charge < -0.3 is 5.32 Å². The van der Waals surface area contributed by atoms with Gasteiger partial charge in [-0.3, -0.25) is 0 Å². The Morgan fingerprint density at radius 3 is 2.85 bits per heavy atom. The molecule has 2 heteroatoms. The third kappa shape index (κ3) is 1.62. The van der Waals surface area contributed by atoms with E-state index in [0.29, 0.717) is 6.04 Å². The molecule has 0 heterocycles. The van der Waals surface area contributed by atoms with E-state index in [1.54, 1.807) is 5.56 Å². The predicted octanol–water partition coefficient (Wildman–Crippen LogP) is 2.29. The summed E-state index contributed by atoms with van der Waals surface area (Å²) in [6.07, 6.45) is 2.40. The van der Waals surface area contributed by atoms with Crippen LogP contribution in [-0.2, 0) is 12.8 Å². The summed E-state index contributed by atoms with van der Waals surface area (Å²) in [5.41, 5.74) is 4.60. The summed E-state index contributed by atoms with van der Waals surface area (Å²) in [4.78, 5) is 0. The van der Waals surface area contributed by atoms with Crippen LogP contribution in [0.1, 0.15) is 16.7 Å². The molecular weight excluding hydrogens is 273 g/mol. The smallest absolute Gasteiger partial charge is 0.0162 e. The fraction of sp³-hybridized carbons (Fsp3) is 0.455. The lowest BCUT2D eigenvalue weighted by Gasteiger charge is -2.06. The van der Waals surface area contributed by atoms with Crippen molar-refractivity contribution in [2.45, 2.75) is 25.8 Å². The summed E-state index contributed by atoms with van der Waals surface area (Å²) in [6, 6.07) is 5.17. The van der Waals surface area contributed by atoms with Crippen LogP contribution in [0.4, 0.5) is 0 Å². The van der Waals surface area contributed by atoms with Gasteiger partial charge in [0, 0.05) is 9.61 Å². The highest BCUT2D eigenvalue weighted by atomic mass is 127. The van der Waals surface area contributed by atoms with E-state index in [2.05, 4.69) is 54.0 Å². The molecule has 2 rings (SSSR count). The molecule has 0 spiro atoms. The SMILES string of the molecule is CNC1Cc2ccc(I)c(C)c2C1. The Morgan fingerprint density at radius 2 is 2.15 bits per heavy atom. The Kier molecular flexibility index (Phi) is 2.60. The van der Waals surface area contributed by atoms with Crippen molar-refractivity contribution in [1.29, 1.82) is 0 Å². The summed E-state index contributed by atoms with van der Waals surface area (Å²) in [7, 11) is 2.05. The normalized spacial score (nSPS) is 20.4. The molecule has 0 saturated carbocycles. The first kappa shape index (κ1) is 9.46.